The molecule has 28 heavy (non-hydrogen) atoms. The molecule has 1 aromatic carbocycles. The van der Waals surface area contributed by atoms with E-state index in [2.05, 4.69) is 20.0 Å². The summed E-state index contributed by atoms with van der Waals surface area (Å²) in [6, 6.07) is 12.6. The lowest BCUT2D eigenvalue weighted by atomic mass is 10.2. The topological polar surface area (TPSA) is 98.5 Å². The second-order valence-electron chi connectivity index (χ2n) is 6.06. The van der Waals surface area contributed by atoms with Crippen LogP contribution in [0.2, 0.25) is 0 Å². The van der Waals surface area contributed by atoms with Gasteiger partial charge in [0.2, 0.25) is 10.0 Å². The average molecular weight is 416 g/mol. The summed E-state index contributed by atoms with van der Waals surface area (Å²) < 4.78 is 34.9. The SMILES string of the molecule is COc1ccc(C)cc1S(=O)(=O)NCc1nnc2ccc(-c3cccs3)nn12. The molecule has 10 heteroatoms. The zero-order valence-electron chi connectivity index (χ0n) is 15.2. The first-order valence-corrected chi connectivity index (χ1v) is 10.7. The van der Waals surface area contributed by atoms with Gasteiger partial charge in [0.15, 0.2) is 11.5 Å². The summed E-state index contributed by atoms with van der Waals surface area (Å²) in [7, 11) is -2.37. The molecule has 4 aromatic rings. The summed E-state index contributed by atoms with van der Waals surface area (Å²) in [6.45, 7) is 1.77. The predicted molar refractivity (Wildman–Crippen MR) is 106 cm³/mol. The number of hydrogen-bond donors (Lipinski definition) is 1. The summed E-state index contributed by atoms with van der Waals surface area (Å²) in [5.74, 6) is 0.672. The monoisotopic (exact) mass is 415 g/mol. The van der Waals surface area contributed by atoms with Gasteiger partial charge < -0.3 is 4.74 Å². The van der Waals surface area contributed by atoms with Crippen molar-refractivity contribution in [3.05, 3.63) is 59.2 Å². The molecule has 3 aromatic heterocycles. The quantitative estimate of drug-likeness (QED) is 0.520. The molecule has 3 heterocycles. The summed E-state index contributed by atoms with van der Waals surface area (Å²) in [5, 5.41) is 14.6. The Morgan fingerprint density at radius 3 is 2.79 bits per heavy atom. The number of fused-ring (bicyclic) bond motifs is 1. The van der Waals surface area contributed by atoms with Gasteiger partial charge in [0.05, 0.1) is 18.5 Å². The van der Waals surface area contributed by atoms with Crippen molar-refractivity contribution in [3.8, 4) is 16.3 Å². The van der Waals surface area contributed by atoms with E-state index in [1.807, 2.05) is 30.5 Å². The van der Waals surface area contributed by atoms with Gasteiger partial charge in [-0.1, -0.05) is 12.1 Å². The third-order valence-corrected chi connectivity index (χ3v) is 6.44. The van der Waals surface area contributed by atoms with E-state index in [4.69, 9.17) is 4.74 Å². The van der Waals surface area contributed by atoms with E-state index in [1.165, 1.54) is 7.11 Å². The van der Waals surface area contributed by atoms with Crippen LogP contribution in [0.3, 0.4) is 0 Å². The number of ether oxygens (including phenoxy) is 1. The summed E-state index contributed by atoms with van der Waals surface area (Å²) in [4.78, 5) is 1.09. The molecule has 0 radical (unpaired) electrons. The maximum atomic E-state index is 12.8. The van der Waals surface area contributed by atoms with E-state index >= 15 is 0 Å². The standard InChI is InChI=1S/C18H17N5O3S2/c1-12-5-7-14(26-2)16(10-12)28(24,25)19-11-18-21-20-17-8-6-13(22-23(17)18)15-4-3-9-27-15/h3-10,19H,11H2,1-2H3. The third kappa shape index (κ3) is 3.49. The van der Waals surface area contributed by atoms with Crippen LogP contribution in [0, 0.1) is 6.92 Å². The average Bonchev–Trinajstić information content (AvgIpc) is 3.36. The maximum Gasteiger partial charge on any atom is 0.244 e. The third-order valence-electron chi connectivity index (χ3n) is 4.13. The zero-order valence-corrected chi connectivity index (χ0v) is 16.8. The Morgan fingerprint density at radius 1 is 1.18 bits per heavy atom. The first-order chi connectivity index (χ1) is 13.5. The molecule has 1 N–H and O–H groups in total. The van der Waals surface area contributed by atoms with E-state index in [0.29, 0.717) is 11.5 Å². The van der Waals surface area contributed by atoms with Crippen LogP contribution < -0.4 is 9.46 Å². The molecule has 0 bridgehead atoms. The van der Waals surface area contributed by atoms with Gasteiger partial charge in [-0.3, -0.25) is 0 Å². The van der Waals surface area contributed by atoms with Gasteiger partial charge in [0, 0.05) is 0 Å². The lowest BCUT2D eigenvalue weighted by molar-refractivity contribution is 0.402. The Balaban J connectivity index is 1.64. The van der Waals surface area contributed by atoms with Crippen LogP contribution in [0.25, 0.3) is 16.2 Å². The van der Waals surface area contributed by atoms with Gasteiger partial charge in [-0.05, 0) is 48.2 Å². The van der Waals surface area contributed by atoms with Crippen molar-refractivity contribution in [1.82, 2.24) is 24.5 Å². The highest BCUT2D eigenvalue weighted by Crippen LogP contribution is 2.25. The van der Waals surface area contributed by atoms with Crippen molar-refractivity contribution < 1.29 is 13.2 Å². The summed E-state index contributed by atoms with van der Waals surface area (Å²) in [6.07, 6.45) is 0. The molecular formula is C18H17N5O3S2. The van der Waals surface area contributed by atoms with Crippen LogP contribution in [-0.2, 0) is 16.6 Å². The largest absolute Gasteiger partial charge is 0.495 e. The molecule has 0 spiro atoms. The lowest BCUT2D eigenvalue weighted by Gasteiger charge is -2.11. The van der Waals surface area contributed by atoms with Crippen LogP contribution in [-0.4, -0.2) is 35.3 Å². The van der Waals surface area contributed by atoms with Crippen LogP contribution in [0.1, 0.15) is 11.4 Å². The second kappa shape index (κ2) is 7.30. The molecule has 0 fully saturated rings. The highest BCUT2D eigenvalue weighted by molar-refractivity contribution is 7.89. The van der Waals surface area contributed by atoms with Gasteiger partial charge in [-0.25, -0.2) is 13.1 Å². The van der Waals surface area contributed by atoms with E-state index < -0.39 is 10.0 Å². The molecule has 144 valence electrons. The number of nitrogens with one attached hydrogen (secondary N) is 1. The highest BCUT2D eigenvalue weighted by atomic mass is 32.2. The number of sulfonamides is 1. The van der Waals surface area contributed by atoms with E-state index in [-0.39, 0.29) is 17.2 Å². The lowest BCUT2D eigenvalue weighted by Crippen LogP contribution is -2.25. The van der Waals surface area contributed by atoms with Gasteiger partial charge in [0.1, 0.15) is 16.3 Å². The number of hydrogen-bond acceptors (Lipinski definition) is 7. The van der Waals surface area contributed by atoms with E-state index in [9.17, 15) is 8.42 Å². The molecule has 0 aliphatic rings. The zero-order chi connectivity index (χ0) is 19.7. The Morgan fingerprint density at radius 2 is 2.04 bits per heavy atom. The molecule has 0 aliphatic carbocycles. The minimum atomic E-state index is -3.81. The fourth-order valence-corrected chi connectivity index (χ4v) is 4.65. The number of thiophene rings is 1. The number of nitrogens with zero attached hydrogens (tertiary/aromatic N) is 4. The second-order valence-corrected chi connectivity index (χ2v) is 8.74. The van der Waals surface area contributed by atoms with E-state index in [1.54, 1.807) is 40.1 Å². The summed E-state index contributed by atoms with van der Waals surface area (Å²) in [5.41, 5.74) is 2.13. The summed E-state index contributed by atoms with van der Waals surface area (Å²) >= 11 is 1.57. The fraction of sp³-hybridized carbons (Fsp3) is 0.167. The number of aromatic nitrogens is 4. The molecule has 4 rings (SSSR count). The number of rotatable bonds is 6. The molecule has 0 saturated heterocycles. The van der Waals surface area contributed by atoms with Gasteiger partial charge in [-0.15, -0.1) is 21.5 Å². The van der Waals surface area contributed by atoms with Crippen LogP contribution in [0.4, 0.5) is 0 Å². The van der Waals surface area contributed by atoms with Crippen molar-refractivity contribution >= 4 is 27.0 Å². The molecule has 0 unspecified atom stereocenters. The van der Waals surface area contributed by atoms with Crippen molar-refractivity contribution in [3.63, 3.8) is 0 Å². The fourth-order valence-electron chi connectivity index (χ4n) is 2.73. The Bertz CT molecular complexity index is 1230. The Hall–Kier alpha value is -2.82. The van der Waals surface area contributed by atoms with Crippen LogP contribution in [0.5, 0.6) is 5.75 Å². The molecular weight excluding hydrogens is 398 g/mol. The number of methoxy groups -OCH3 is 1. The van der Waals surface area contributed by atoms with Gasteiger partial charge >= 0.3 is 0 Å². The predicted octanol–water partition coefficient (Wildman–Crippen LogP) is 2.65. The molecule has 0 saturated carbocycles. The number of aryl methyl sites for hydroxylation is 1. The van der Waals surface area contributed by atoms with Gasteiger partial charge in [-0.2, -0.15) is 9.61 Å². The smallest absolute Gasteiger partial charge is 0.244 e. The van der Waals surface area contributed by atoms with Crippen LogP contribution >= 0.6 is 11.3 Å². The first kappa shape index (κ1) is 18.5. The first-order valence-electron chi connectivity index (χ1n) is 8.37. The van der Waals surface area contributed by atoms with E-state index in [0.717, 1.165) is 16.1 Å². The van der Waals surface area contributed by atoms with Crippen molar-refractivity contribution in [2.24, 2.45) is 0 Å². The Kier molecular flexibility index (Phi) is 4.84. The number of benzene rings is 1. The maximum absolute atomic E-state index is 12.8. The van der Waals surface area contributed by atoms with Gasteiger partial charge in [0.25, 0.3) is 0 Å². The van der Waals surface area contributed by atoms with Crippen molar-refractivity contribution in [2.75, 3.05) is 7.11 Å². The normalized spacial score (nSPS) is 11.8. The molecule has 0 amide bonds. The Labute approximate surface area is 165 Å². The molecule has 0 atom stereocenters. The van der Waals surface area contributed by atoms with Crippen molar-refractivity contribution in [1.29, 1.82) is 0 Å². The minimum Gasteiger partial charge on any atom is -0.495 e. The van der Waals surface area contributed by atoms with Crippen molar-refractivity contribution in [2.45, 2.75) is 18.4 Å². The molecule has 0 aliphatic heterocycles. The highest BCUT2D eigenvalue weighted by Gasteiger charge is 2.21. The minimum absolute atomic E-state index is 0.0541. The van der Waals surface area contributed by atoms with Crippen LogP contribution in [0.15, 0.2) is 52.7 Å². The molecule has 8 nitrogen and oxygen atoms in total.